The summed E-state index contributed by atoms with van der Waals surface area (Å²) in [7, 11) is 1.45. The first-order chi connectivity index (χ1) is 9.19. The lowest BCUT2D eigenvalue weighted by Crippen LogP contribution is -2.20. The number of aliphatic hydroxyl groups excluding tert-OH is 1. The standard InChI is InChI=1S/C14H16FNO2S/c1-18-11-5-2-4-10(15)13(11)14(17)9(8-16)12-6-3-7-19-12/h2-7,9,14,17H,8,16H2,1H3. The molecule has 5 heteroatoms. The molecule has 0 radical (unpaired) electrons. The first-order valence-electron chi connectivity index (χ1n) is 5.93. The quantitative estimate of drug-likeness (QED) is 0.886. The average molecular weight is 281 g/mol. The highest BCUT2D eigenvalue weighted by molar-refractivity contribution is 7.10. The Morgan fingerprint density at radius 1 is 1.37 bits per heavy atom. The van der Waals surface area contributed by atoms with E-state index >= 15 is 0 Å². The first-order valence-corrected chi connectivity index (χ1v) is 6.81. The zero-order valence-electron chi connectivity index (χ0n) is 10.5. The van der Waals surface area contributed by atoms with Crippen molar-refractivity contribution in [3.63, 3.8) is 0 Å². The Bertz CT molecular complexity index is 530. The van der Waals surface area contributed by atoms with Gasteiger partial charge in [0, 0.05) is 17.3 Å². The molecule has 0 spiro atoms. The largest absolute Gasteiger partial charge is 0.496 e. The second-order valence-corrected chi connectivity index (χ2v) is 5.14. The van der Waals surface area contributed by atoms with Gasteiger partial charge < -0.3 is 15.6 Å². The van der Waals surface area contributed by atoms with E-state index < -0.39 is 11.9 Å². The zero-order valence-corrected chi connectivity index (χ0v) is 11.4. The highest BCUT2D eigenvalue weighted by Gasteiger charge is 2.27. The molecule has 1 heterocycles. The van der Waals surface area contributed by atoms with Gasteiger partial charge in [-0.25, -0.2) is 4.39 Å². The average Bonchev–Trinajstić information content (AvgIpc) is 2.92. The van der Waals surface area contributed by atoms with Gasteiger partial charge in [0.2, 0.25) is 0 Å². The molecule has 3 nitrogen and oxygen atoms in total. The number of hydrogen-bond donors (Lipinski definition) is 2. The molecule has 0 aliphatic heterocycles. The molecule has 0 aliphatic rings. The number of benzene rings is 1. The van der Waals surface area contributed by atoms with Crippen molar-refractivity contribution in [3.8, 4) is 5.75 Å². The minimum atomic E-state index is -1.03. The Hall–Kier alpha value is -1.43. The van der Waals surface area contributed by atoms with Crippen LogP contribution >= 0.6 is 11.3 Å². The smallest absolute Gasteiger partial charge is 0.132 e. The topological polar surface area (TPSA) is 55.5 Å². The molecule has 2 unspecified atom stereocenters. The number of ether oxygens (including phenoxy) is 1. The van der Waals surface area contributed by atoms with Crippen molar-refractivity contribution in [2.24, 2.45) is 5.73 Å². The number of hydrogen-bond acceptors (Lipinski definition) is 4. The van der Waals surface area contributed by atoms with Gasteiger partial charge >= 0.3 is 0 Å². The summed E-state index contributed by atoms with van der Waals surface area (Å²) in [5.74, 6) is -0.491. The van der Waals surface area contributed by atoms with Crippen LogP contribution in [0.1, 0.15) is 22.5 Å². The summed E-state index contributed by atoms with van der Waals surface area (Å²) < 4.78 is 19.1. The number of nitrogens with two attached hydrogens (primary N) is 1. The minimum absolute atomic E-state index is 0.161. The van der Waals surface area contributed by atoms with Gasteiger partial charge in [-0.3, -0.25) is 0 Å². The van der Waals surface area contributed by atoms with E-state index in [0.29, 0.717) is 5.75 Å². The minimum Gasteiger partial charge on any atom is -0.496 e. The van der Waals surface area contributed by atoms with Crippen LogP contribution in [-0.4, -0.2) is 18.8 Å². The molecule has 0 aliphatic carbocycles. The summed E-state index contributed by atoms with van der Waals surface area (Å²) in [6.45, 7) is 0.235. The van der Waals surface area contributed by atoms with E-state index in [0.717, 1.165) is 4.88 Å². The Morgan fingerprint density at radius 2 is 2.16 bits per heavy atom. The molecule has 0 saturated heterocycles. The van der Waals surface area contributed by atoms with Crippen molar-refractivity contribution in [2.45, 2.75) is 12.0 Å². The van der Waals surface area contributed by atoms with Crippen LogP contribution in [0.25, 0.3) is 0 Å². The van der Waals surface area contributed by atoms with E-state index in [1.54, 1.807) is 12.1 Å². The van der Waals surface area contributed by atoms with Crippen molar-refractivity contribution < 1.29 is 14.2 Å². The molecule has 1 aromatic heterocycles. The fourth-order valence-corrected chi connectivity index (χ4v) is 2.96. The molecule has 0 amide bonds. The third-order valence-electron chi connectivity index (χ3n) is 3.07. The number of methoxy groups -OCH3 is 1. The maximum absolute atomic E-state index is 13.9. The zero-order chi connectivity index (χ0) is 13.8. The van der Waals surface area contributed by atoms with E-state index in [1.165, 1.54) is 24.5 Å². The summed E-state index contributed by atoms with van der Waals surface area (Å²) in [6.07, 6.45) is -1.03. The monoisotopic (exact) mass is 281 g/mol. The van der Waals surface area contributed by atoms with Crippen LogP contribution in [0.2, 0.25) is 0 Å². The normalized spacial score (nSPS) is 14.1. The molecular formula is C14H16FNO2S. The summed E-state index contributed by atoms with van der Waals surface area (Å²) in [6, 6.07) is 8.26. The van der Waals surface area contributed by atoms with Gasteiger partial charge in [-0.2, -0.15) is 0 Å². The van der Waals surface area contributed by atoms with Crippen LogP contribution in [0.15, 0.2) is 35.7 Å². The molecule has 2 aromatic rings. The van der Waals surface area contributed by atoms with Crippen LogP contribution in [0.3, 0.4) is 0 Å². The van der Waals surface area contributed by atoms with Crippen molar-refractivity contribution in [3.05, 3.63) is 52.0 Å². The molecule has 0 saturated carbocycles. The Kier molecular flexibility index (Phi) is 4.52. The van der Waals surface area contributed by atoms with Crippen LogP contribution in [0.4, 0.5) is 4.39 Å². The number of rotatable bonds is 5. The van der Waals surface area contributed by atoms with Gasteiger partial charge in [0.05, 0.1) is 18.8 Å². The predicted molar refractivity (Wildman–Crippen MR) is 74.0 cm³/mol. The summed E-state index contributed by atoms with van der Waals surface area (Å²) in [4.78, 5) is 0.931. The van der Waals surface area contributed by atoms with E-state index in [-0.39, 0.29) is 18.0 Å². The summed E-state index contributed by atoms with van der Waals surface area (Å²) in [5, 5.41) is 12.4. The van der Waals surface area contributed by atoms with E-state index in [2.05, 4.69) is 0 Å². The van der Waals surface area contributed by atoms with Crippen molar-refractivity contribution in [1.29, 1.82) is 0 Å². The van der Waals surface area contributed by atoms with Gasteiger partial charge in [0.15, 0.2) is 0 Å². The molecule has 3 N–H and O–H groups in total. The molecule has 1 aromatic carbocycles. The third kappa shape index (κ3) is 2.78. The van der Waals surface area contributed by atoms with Gasteiger partial charge in [0.1, 0.15) is 11.6 Å². The molecule has 0 fully saturated rings. The third-order valence-corrected chi connectivity index (χ3v) is 4.08. The molecule has 102 valence electrons. The second-order valence-electron chi connectivity index (χ2n) is 4.16. The van der Waals surface area contributed by atoms with E-state index in [9.17, 15) is 9.50 Å². The van der Waals surface area contributed by atoms with Gasteiger partial charge in [-0.05, 0) is 23.6 Å². The predicted octanol–water partition coefficient (Wildman–Crippen LogP) is 2.67. The van der Waals surface area contributed by atoms with Gasteiger partial charge in [-0.1, -0.05) is 12.1 Å². The molecule has 2 rings (SSSR count). The first kappa shape index (κ1) is 14.0. The maximum atomic E-state index is 13.9. The molecule has 2 atom stereocenters. The summed E-state index contributed by atoms with van der Waals surface area (Å²) in [5.41, 5.74) is 5.89. The van der Waals surface area contributed by atoms with Crippen molar-refractivity contribution >= 4 is 11.3 Å². The lowest BCUT2D eigenvalue weighted by Gasteiger charge is -2.22. The second kappa shape index (κ2) is 6.14. The molecular weight excluding hydrogens is 265 g/mol. The maximum Gasteiger partial charge on any atom is 0.132 e. The van der Waals surface area contributed by atoms with Crippen LogP contribution in [0, 0.1) is 5.82 Å². The summed E-state index contributed by atoms with van der Waals surface area (Å²) >= 11 is 1.49. The number of halogens is 1. The molecule has 0 bridgehead atoms. The van der Waals surface area contributed by atoms with Crippen molar-refractivity contribution in [2.75, 3.05) is 13.7 Å². The fourth-order valence-electron chi connectivity index (χ4n) is 2.09. The number of thiophene rings is 1. The Labute approximate surface area is 115 Å². The Morgan fingerprint density at radius 3 is 2.74 bits per heavy atom. The van der Waals surface area contributed by atoms with Crippen LogP contribution < -0.4 is 10.5 Å². The highest BCUT2D eigenvalue weighted by Crippen LogP contribution is 2.38. The van der Waals surface area contributed by atoms with Gasteiger partial charge in [0.25, 0.3) is 0 Å². The van der Waals surface area contributed by atoms with Crippen LogP contribution in [-0.2, 0) is 0 Å². The van der Waals surface area contributed by atoms with E-state index in [4.69, 9.17) is 10.5 Å². The highest BCUT2D eigenvalue weighted by atomic mass is 32.1. The lowest BCUT2D eigenvalue weighted by atomic mass is 9.93. The molecule has 19 heavy (non-hydrogen) atoms. The Balaban J connectivity index is 2.40. The SMILES string of the molecule is COc1cccc(F)c1C(O)C(CN)c1cccs1. The van der Waals surface area contributed by atoms with E-state index in [1.807, 2.05) is 17.5 Å². The number of aliphatic hydroxyl groups is 1. The van der Waals surface area contributed by atoms with Crippen molar-refractivity contribution in [1.82, 2.24) is 0 Å². The fraction of sp³-hybridized carbons (Fsp3) is 0.286. The van der Waals surface area contributed by atoms with Gasteiger partial charge in [-0.15, -0.1) is 11.3 Å². The lowest BCUT2D eigenvalue weighted by molar-refractivity contribution is 0.140. The van der Waals surface area contributed by atoms with Crippen LogP contribution in [0.5, 0.6) is 5.75 Å².